The summed E-state index contributed by atoms with van der Waals surface area (Å²) in [7, 11) is 0. The van der Waals surface area contributed by atoms with Crippen LogP contribution in [0.2, 0.25) is 0 Å². The molecular formula is C17H28ClNO3. The van der Waals surface area contributed by atoms with Crippen LogP contribution in [-0.4, -0.2) is 24.2 Å². The van der Waals surface area contributed by atoms with Crippen molar-refractivity contribution >= 4 is 18.4 Å². The van der Waals surface area contributed by atoms with Gasteiger partial charge in [0.15, 0.2) is 0 Å². The Hall–Kier alpha value is -1.10. The number of carbonyl (C=O) groups is 1. The number of aliphatic hydroxyl groups excluding tert-OH is 1. The number of benzene rings is 1. The Kier molecular flexibility index (Phi) is 11.8. The van der Waals surface area contributed by atoms with Crippen molar-refractivity contribution in [1.82, 2.24) is 5.32 Å². The van der Waals surface area contributed by atoms with E-state index in [1.807, 2.05) is 13.0 Å². The third-order valence-corrected chi connectivity index (χ3v) is 3.30. The molecular weight excluding hydrogens is 302 g/mol. The topological polar surface area (TPSA) is 58.6 Å². The predicted octanol–water partition coefficient (Wildman–Crippen LogP) is 3.63. The highest BCUT2D eigenvalue weighted by atomic mass is 35.5. The average molecular weight is 330 g/mol. The molecule has 2 N–H and O–H groups in total. The van der Waals surface area contributed by atoms with E-state index in [4.69, 9.17) is 4.74 Å². The Labute approximate surface area is 139 Å². The molecule has 1 aromatic rings. The van der Waals surface area contributed by atoms with Crippen molar-refractivity contribution in [3.63, 3.8) is 0 Å². The molecule has 5 heteroatoms. The molecule has 0 aromatic heterocycles. The van der Waals surface area contributed by atoms with Crippen LogP contribution < -0.4 is 10.1 Å². The van der Waals surface area contributed by atoms with Gasteiger partial charge >= 0.3 is 5.97 Å². The van der Waals surface area contributed by atoms with Crippen molar-refractivity contribution in [2.45, 2.75) is 52.1 Å². The third-order valence-electron chi connectivity index (χ3n) is 3.30. The standard InChI is InChI=1S/C17H27NO3.ClH/c1-3-5-6-7-11-17(20)21-15-10-8-9-14(12-15)16(19)13-18-4-2;/h8-10,12,16,18-19H,3-7,11,13H2,1-2H3;1H. The molecule has 22 heavy (non-hydrogen) atoms. The van der Waals surface area contributed by atoms with Gasteiger partial charge in [0.1, 0.15) is 5.75 Å². The summed E-state index contributed by atoms with van der Waals surface area (Å²) >= 11 is 0. The van der Waals surface area contributed by atoms with Crippen molar-refractivity contribution in [2.24, 2.45) is 0 Å². The summed E-state index contributed by atoms with van der Waals surface area (Å²) in [6, 6.07) is 7.10. The number of halogens is 1. The van der Waals surface area contributed by atoms with E-state index < -0.39 is 6.10 Å². The van der Waals surface area contributed by atoms with Crippen molar-refractivity contribution < 1.29 is 14.6 Å². The summed E-state index contributed by atoms with van der Waals surface area (Å²) in [4.78, 5) is 11.7. The van der Waals surface area contributed by atoms with E-state index in [1.54, 1.807) is 18.2 Å². The molecule has 0 heterocycles. The van der Waals surface area contributed by atoms with Crippen molar-refractivity contribution in [3.8, 4) is 5.75 Å². The lowest BCUT2D eigenvalue weighted by atomic mass is 10.1. The Morgan fingerprint density at radius 3 is 2.73 bits per heavy atom. The second kappa shape index (κ2) is 12.4. The molecule has 1 atom stereocenters. The molecule has 1 unspecified atom stereocenters. The molecule has 0 aliphatic heterocycles. The SMILES string of the molecule is CCCCCCC(=O)Oc1cccc(C(O)CNCC)c1.Cl. The molecule has 1 rings (SSSR count). The highest BCUT2D eigenvalue weighted by molar-refractivity contribution is 5.85. The van der Waals surface area contributed by atoms with Gasteiger partial charge in [-0.3, -0.25) is 4.79 Å². The summed E-state index contributed by atoms with van der Waals surface area (Å²) in [5.74, 6) is 0.299. The van der Waals surface area contributed by atoms with Gasteiger partial charge in [0.05, 0.1) is 6.10 Å². The van der Waals surface area contributed by atoms with Crippen LogP contribution in [0.25, 0.3) is 0 Å². The number of likely N-dealkylation sites (N-methyl/N-ethyl adjacent to an activating group) is 1. The van der Waals surface area contributed by atoms with E-state index >= 15 is 0 Å². The van der Waals surface area contributed by atoms with Gasteiger partial charge in [0, 0.05) is 13.0 Å². The van der Waals surface area contributed by atoms with E-state index in [0.29, 0.717) is 18.7 Å². The van der Waals surface area contributed by atoms with Gasteiger partial charge in [-0.2, -0.15) is 0 Å². The second-order valence-corrected chi connectivity index (χ2v) is 5.18. The fourth-order valence-corrected chi connectivity index (χ4v) is 2.06. The van der Waals surface area contributed by atoms with Crippen LogP contribution in [0.4, 0.5) is 0 Å². The number of hydrogen-bond acceptors (Lipinski definition) is 4. The number of aliphatic hydroxyl groups is 1. The minimum absolute atomic E-state index is 0. The lowest BCUT2D eigenvalue weighted by molar-refractivity contribution is -0.134. The number of hydrogen-bond donors (Lipinski definition) is 2. The number of rotatable bonds is 10. The molecule has 126 valence electrons. The van der Waals surface area contributed by atoms with Gasteiger partial charge in [-0.1, -0.05) is 45.2 Å². The van der Waals surface area contributed by atoms with Crippen LogP contribution in [0.15, 0.2) is 24.3 Å². The fourth-order valence-electron chi connectivity index (χ4n) is 2.06. The summed E-state index contributed by atoms with van der Waals surface area (Å²) in [6.07, 6.45) is 4.10. The normalized spacial score (nSPS) is 11.6. The third kappa shape index (κ3) is 8.37. The first-order chi connectivity index (χ1) is 10.2. The lowest BCUT2D eigenvalue weighted by Crippen LogP contribution is -2.20. The van der Waals surface area contributed by atoms with E-state index in [2.05, 4.69) is 12.2 Å². The van der Waals surface area contributed by atoms with E-state index in [0.717, 1.165) is 37.8 Å². The Morgan fingerprint density at radius 2 is 2.05 bits per heavy atom. The van der Waals surface area contributed by atoms with Crippen LogP contribution in [0.5, 0.6) is 5.75 Å². The first-order valence-corrected chi connectivity index (χ1v) is 7.86. The minimum Gasteiger partial charge on any atom is -0.427 e. The summed E-state index contributed by atoms with van der Waals surface area (Å²) < 4.78 is 5.32. The minimum atomic E-state index is -0.590. The van der Waals surface area contributed by atoms with E-state index in [-0.39, 0.29) is 18.4 Å². The first kappa shape index (κ1) is 20.9. The van der Waals surface area contributed by atoms with Crippen LogP contribution in [0.1, 0.15) is 57.6 Å². The monoisotopic (exact) mass is 329 g/mol. The first-order valence-electron chi connectivity index (χ1n) is 7.86. The zero-order valence-electron chi connectivity index (χ0n) is 13.5. The van der Waals surface area contributed by atoms with Gasteiger partial charge in [-0.05, 0) is 30.7 Å². The Morgan fingerprint density at radius 1 is 1.27 bits per heavy atom. The molecule has 4 nitrogen and oxygen atoms in total. The Bertz CT molecular complexity index is 426. The zero-order valence-corrected chi connectivity index (χ0v) is 14.3. The van der Waals surface area contributed by atoms with Crippen LogP contribution in [0, 0.1) is 0 Å². The quantitative estimate of drug-likeness (QED) is 0.391. The molecule has 0 aliphatic rings. The Balaban J connectivity index is 0.00000441. The molecule has 0 saturated carbocycles. The number of carbonyl (C=O) groups excluding carboxylic acids is 1. The second-order valence-electron chi connectivity index (χ2n) is 5.18. The molecule has 0 fully saturated rings. The summed E-state index contributed by atoms with van der Waals surface area (Å²) in [5.41, 5.74) is 0.757. The molecule has 0 spiro atoms. The van der Waals surface area contributed by atoms with Gasteiger partial charge in [0.25, 0.3) is 0 Å². The maximum absolute atomic E-state index is 11.7. The maximum Gasteiger partial charge on any atom is 0.311 e. The zero-order chi connectivity index (χ0) is 15.5. The lowest BCUT2D eigenvalue weighted by Gasteiger charge is -2.12. The fraction of sp³-hybridized carbons (Fsp3) is 0.588. The smallest absolute Gasteiger partial charge is 0.311 e. The van der Waals surface area contributed by atoms with Crippen LogP contribution in [-0.2, 0) is 4.79 Å². The molecule has 0 bridgehead atoms. The molecule has 0 amide bonds. The number of nitrogens with one attached hydrogen (secondary N) is 1. The molecule has 0 saturated heterocycles. The number of unbranched alkanes of at least 4 members (excludes halogenated alkanes) is 3. The van der Waals surface area contributed by atoms with Crippen LogP contribution >= 0.6 is 12.4 Å². The summed E-state index contributed by atoms with van der Waals surface area (Å²) in [6.45, 7) is 5.43. The van der Waals surface area contributed by atoms with Gasteiger partial charge in [0.2, 0.25) is 0 Å². The van der Waals surface area contributed by atoms with Gasteiger partial charge < -0.3 is 15.2 Å². The predicted molar refractivity (Wildman–Crippen MR) is 91.6 cm³/mol. The van der Waals surface area contributed by atoms with Crippen molar-refractivity contribution in [2.75, 3.05) is 13.1 Å². The number of ether oxygens (including phenoxy) is 1. The highest BCUT2D eigenvalue weighted by Gasteiger charge is 2.09. The summed E-state index contributed by atoms with van der Waals surface area (Å²) in [5, 5.41) is 13.1. The van der Waals surface area contributed by atoms with Gasteiger partial charge in [-0.15, -0.1) is 12.4 Å². The average Bonchev–Trinajstić information content (AvgIpc) is 2.49. The van der Waals surface area contributed by atoms with Crippen molar-refractivity contribution in [1.29, 1.82) is 0 Å². The van der Waals surface area contributed by atoms with Crippen molar-refractivity contribution in [3.05, 3.63) is 29.8 Å². The van der Waals surface area contributed by atoms with Crippen LogP contribution in [0.3, 0.4) is 0 Å². The molecule has 0 radical (unpaired) electrons. The largest absolute Gasteiger partial charge is 0.427 e. The highest BCUT2D eigenvalue weighted by Crippen LogP contribution is 2.19. The van der Waals surface area contributed by atoms with Gasteiger partial charge in [-0.25, -0.2) is 0 Å². The van der Waals surface area contributed by atoms with E-state index in [9.17, 15) is 9.90 Å². The molecule has 1 aromatic carbocycles. The number of esters is 1. The molecule has 0 aliphatic carbocycles. The maximum atomic E-state index is 11.7. The van der Waals surface area contributed by atoms with E-state index in [1.165, 1.54) is 0 Å².